The molecule has 1 spiro atoms. The fourth-order valence-corrected chi connectivity index (χ4v) is 4.49. The molecule has 1 aromatic rings. The Kier molecular flexibility index (Phi) is 4.08. The van der Waals surface area contributed by atoms with Crippen molar-refractivity contribution in [3.05, 3.63) is 17.0 Å². The van der Waals surface area contributed by atoms with Crippen molar-refractivity contribution in [3.63, 3.8) is 0 Å². The first-order valence-electron chi connectivity index (χ1n) is 9.52. The second kappa shape index (κ2) is 6.15. The van der Waals surface area contributed by atoms with Gasteiger partial charge in [-0.3, -0.25) is 9.59 Å². The molecular weight excluding hydrogens is 318 g/mol. The van der Waals surface area contributed by atoms with Gasteiger partial charge in [0.25, 0.3) is 5.91 Å². The number of hydrogen-bond donors (Lipinski definition) is 0. The molecule has 1 atom stereocenters. The van der Waals surface area contributed by atoms with E-state index in [-0.39, 0.29) is 11.3 Å². The largest absolute Gasteiger partial charge is 0.361 e. The van der Waals surface area contributed by atoms with Crippen molar-refractivity contribution >= 4 is 11.8 Å². The quantitative estimate of drug-likeness (QED) is 0.844. The third kappa shape index (κ3) is 2.96. The Morgan fingerprint density at radius 2 is 1.96 bits per heavy atom. The van der Waals surface area contributed by atoms with Gasteiger partial charge in [-0.1, -0.05) is 5.16 Å². The summed E-state index contributed by atoms with van der Waals surface area (Å²) >= 11 is 0. The molecule has 2 saturated heterocycles. The Balaban J connectivity index is 1.45. The van der Waals surface area contributed by atoms with Gasteiger partial charge in [0.15, 0.2) is 0 Å². The molecule has 136 valence electrons. The minimum Gasteiger partial charge on any atom is -0.361 e. The highest BCUT2D eigenvalue weighted by Gasteiger charge is 2.48. The highest BCUT2D eigenvalue weighted by Crippen LogP contribution is 2.43. The monoisotopic (exact) mass is 345 g/mol. The Hall–Kier alpha value is -1.85. The van der Waals surface area contributed by atoms with Crippen LogP contribution in [0.25, 0.3) is 0 Å². The second-order valence-electron chi connectivity index (χ2n) is 8.07. The van der Waals surface area contributed by atoms with Crippen LogP contribution in [0.2, 0.25) is 0 Å². The maximum atomic E-state index is 13.0. The highest BCUT2D eigenvalue weighted by atomic mass is 16.5. The average molecular weight is 345 g/mol. The molecule has 1 aromatic heterocycles. The van der Waals surface area contributed by atoms with E-state index in [0.717, 1.165) is 44.7 Å². The number of carbonyl (C=O) groups excluding carboxylic acids is 2. The first-order valence-corrected chi connectivity index (χ1v) is 9.52. The fraction of sp³-hybridized carbons (Fsp3) is 0.737. The lowest BCUT2D eigenvalue weighted by atomic mass is 9.79. The molecule has 3 fully saturated rings. The normalized spacial score (nSPS) is 27.2. The maximum absolute atomic E-state index is 13.0. The number of carbonyl (C=O) groups is 2. The number of rotatable bonds is 3. The van der Waals surface area contributed by atoms with Crippen molar-refractivity contribution in [3.8, 4) is 0 Å². The van der Waals surface area contributed by atoms with Gasteiger partial charge in [-0.2, -0.15) is 0 Å². The minimum absolute atomic E-state index is 0.00594. The summed E-state index contributed by atoms with van der Waals surface area (Å²) in [6, 6.07) is 0. The van der Waals surface area contributed by atoms with E-state index < -0.39 is 0 Å². The van der Waals surface area contributed by atoms with Crippen molar-refractivity contribution < 1.29 is 14.1 Å². The first kappa shape index (κ1) is 16.6. The van der Waals surface area contributed by atoms with Crippen LogP contribution in [0.4, 0.5) is 0 Å². The number of aromatic nitrogens is 1. The predicted molar refractivity (Wildman–Crippen MR) is 92.1 cm³/mol. The number of hydrogen-bond acceptors (Lipinski definition) is 4. The van der Waals surface area contributed by atoms with E-state index >= 15 is 0 Å². The van der Waals surface area contributed by atoms with Gasteiger partial charge in [-0.05, 0) is 58.3 Å². The van der Waals surface area contributed by atoms with Crippen molar-refractivity contribution in [1.29, 1.82) is 0 Å². The summed E-state index contributed by atoms with van der Waals surface area (Å²) in [4.78, 5) is 29.9. The van der Waals surface area contributed by atoms with E-state index in [2.05, 4.69) is 10.1 Å². The summed E-state index contributed by atoms with van der Waals surface area (Å²) in [5, 5.41) is 3.90. The van der Waals surface area contributed by atoms with Crippen LogP contribution >= 0.6 is 0 Å². The molecular formula is C19H27N3O3. The molecule has 2 aliphatic heterocycles. The smallest absolute Gasteiger partial charge is 0.259 e. The summed E-state index contributed by atoms with van der Waals surface area (Å²) in [5.74, 6) is 1.65. The van der Waals surface area contributed by atoms with Crippen LogP contribution < -0.4 is 0 Å². The van der Waals surface area contributed by atoms with Crippen molar-refractivity contribution in [1.82, 2.24) is 15.0 Å². The highest BCUT2D eigenvalue weighted by molar-refractivity contribution is 5.96. The van der Waals surface area contributed by atoms with E-state index in [0.29, 0.717) is 36.0 Å². The topological polar surface area (TPSA) is 66.7 Å². The standard InChI is InChI=1S/C19H27N3O3/c1-13-16(14(2)25-20-13)17(23)21-9-3-6-19(7-10-21)8-11-22(18(19)24)12-15-4-5-15/h15H,3-12H2,1-2H3. The van der Waals surface area contributed by atoms with Gasteiger partial charge < -0.3 is 14.3 Å². The van der Waals surface area contributed by atoms with E-state index in [1.807, 2.05) is 4.90 Å². The summed E-state index contributed by atoms with van der Waals surface area (Å²) in [6.07, 6.45) is 6.07. The van der Waals surface area contributed by atoms with Crippen molar-refractivity contribution in [2.45, 2.75) is 52.4 Å². The SMILES string of the molecule is Cc1noc(C)c1C(=O)N1CCCC2(CC1)CCN(CC1CC1)C2=O. The fourth-order valence-electron chi connectivity index (χ4n) is 4.49. The summed E-state index contributed by atoms with van der Waals surface area (Å²) in [7, 11) is 0. The molecule has 2 amide bonds. The van der Waals surface area contributed by atoms with Crippen LogP contribution in [0.15, 0.2) is 4.52 Å². The first-order chi connectivity index (χ1) is 12.0. The Labute approximate surface area is 148 Å². The molecule has 0 bridgehead atoms. The van der Waals surface area contributed by atoms with Crippen LogP contribution in [-0.2, 0) is 4.79 Å². The lowest BCUT2D eigenvalue weighted by molar-refractivity contribution is -0.136. The third-order valence-electron chi connectivity index (χ3n) is 6.25. The van der Waals surface area contributed by atoms with Crippen LogP contribution in [0.3, 0.4) is 0 Å². The number of aryl methyl sites for hydroxylation is 2. The average Bonchev–Trinajstić information content (AvgIpc) is 3.32. The third-order valence-corrected chi connectivity index (χ3v) is 6.25. The molecule has 0 aromatic carbocycles. The molecule has 3 aliphatic rings. The number of likely N-dealkylation sites (tertiary alicyclic amines) is 2. The van der Waals surface area contributed by atoms with Gasteiger partial charge in [-0.15, -0.1) is 0 Å². The van der Waals surface area contributed by atoms with Gasteiger partial charge in [0, 0.05) is 26.2 Å². The molecule has 4 rings (SSSR count). The molecule has 0 radical (unpaired) electrons. The summed E-state index contributed by atoms with van der Waals surface area (Å²) in [6.45, 7) is 6.78. The molecule has 0 N–H and O–H groups in total. The molecule has 1 aliphatic carbocycles. The molecule has 25 heavy (non-hydrogen) atoms. The van der Waals surface area contributed by atoms with Gasteiger partial charge >= 0.3 is 0 Å². The number of nitrogens with zero attached hydrogens (tertiary/aromatic N) is 3. The van der Waals surface area contributed by atoms with E-state index in [1.165, 1.54) is 12.8 Å². The van der Waals surface area contributed by atoms with Gasteiger partial charge in [0.2, 0.25) is 5.91 Å². The van der Waals surface area contributed by atoms with Crippen LogP contribution in [-0.4, -0.2) is 52.9 Å². The lowest BCUT2D eigenvalue weighted by Crippen LogP contribution is -2.37. The Bertz CT molecular complexity index is 675. The second-order valence-corrected chi connectivity index (χ2v) is 8.07. The van der Waals surface area contributed by atoms with Crippen LogP contribution in [0, 0.1) is 25.2 Å². The van der Waals surface area contributed by atoms with Crippen molar-refractivity contribution in [2.24, 2.45) is 11.3 Å². The van der Waals surface area contributed by atoms with Gasteiger partial charge in [-0.25, -0.2) is 0 Å². The zero-order valence-electron chi connectivity index (χ0n) is 15.2. The van der Waals surface area contributed by atoms with Gasteiger partial charge in [0.05, 0.1) is 11.1 Å². The molecule has 1 saturated carbocycles. The molecule has 3 heterocycles. The molecule has 6 heteroatoms. The van der Waals surface area contributed by atoms with Crippen LogP contribution in [0.5, 0.6) is 0 Å². The van der Waals surface area contributed by atoms with E-state index in [9.17, 15) is 9.59 Å². The maximum Gasteiger partial charge on any atom is 0.259 e. The van der Waals surface area contributed by atoms with Crippen LogP contribution in [0.1, 0.15) is 60.3 Å². The lowest BCUT2D eigenvalue weighted by Gasteiger charge is -2.26. The Morgan fingerprint density at radius 1 is 1.20 bits per heavy atom. The zero-order chi connectivity index (χ0) is 17.6. The molecule has 6 nitrogen and oxygen atoms in total. The number of amides is 2. The Morgan fingerprint density at radius 3 is 2.64 bits per heavy atom. The minimum atomic E-state index is -0.233. The van der Waals surface area contributed by atoms with E-state index in [4.69, 9.17) is 4.52 Å². The molecule has 1 unspecified atom stereocenters. The zero-order valence-corrected chi connectivity index (χ0v) is 15.2. The van der Waals surface area contributed by atoms with E-state index in [1.54, 1.807) is 13.8 Å². The summed E-state index contributed by atoms with van der Waals surface area (Å²) < 4.78 is 5.15. The van der Waals surface area contributed by atoms with Crippen molar-refractivity contribution in [2.75, 3.05) is 26.2 Å². The predicted octanol–water partition coefficient (Wildman–Crippen LogP) is 2.55. The van der Waals surface area contributed by atoms with Gasteiger partial charge in [0.1, 0.15) is 11.3 Å². The summed E-state index contributed by atoms with van der Waals surface area (Å²) in [5.41, 5.74) is 1.00.